The molecule has 0 bridgehead atoms. The van der Waals surface area contributed by atoms with Crippen LogP contribution in [0.1, 0.15) is 83.5 Å². The van der Waals surface area contributed by atoms with Gasteiger partial charge in [-0.3, -0.25) is 4.79 Å². The molecule has 0 saturated carbocycles. The lowest BCUT2D eigenvalue weighted by molar-refractivity contribution is -0.260. The summed E-state index contributed by atoms with van der Waals surface area (Å²) >= 11 is 0. The molecule has 4 aromatic rings. The van der Waals surface area contributed by atoms with Crippen LogP contribution in [-0.4, -0.2) is 68.4 Å². The van der Waals surface area contributed by atoms with E-state index in [0.717, 1.165) is 36.4 Å². The second-order valence-corrected chi connectivity index (χ2v) is 16.0. The minimum absolute atomic E-state index is 0.0269. The first-order valence-corrected chi connectivity index (χ1v) is 18.3. The van der Waals surface area contributed by atoms with Crippen LogP contribution in [0.25, 0.3) is 0 Å². The molecular weight excluding hydrogens is 828 g/mol. The maximum Gasteiger partial charge on any atom is 0.426 e. The fourth-order valence-electron chi connectivity index (χ4n) is 7.17. The number of phenols is 2. The number of carbonyl (C=O) groups excluding carboxylic acids is 3. The van der Waals surface area contributed by atoms with Crippen LogP contribution >= 0.6 is 0 Å². The van der Waals surface area contributed by atoms with E-state index in [-0.39, 0.29) is 47.0 Å². The molecule has 61 heavy (non-hydrogen) atoms. The SMILES string of the molecule is CC(C)(CC(O)(C(=O)Nc1ccc2c(c1)COC2=O)C(F)(F)F)c1cc(F)ccc1O.CC(C)(CC(O)(CNc1ccc2c(c1)COC2=O)C(F)(F)F)c1cc(F)ccc1O. The molecule has 6 rings (SSSR count). The maximum absolute atomic E-state index is 13.8. The third-order valence-corrected chi connectivity index (χ3v) is 10.4. The molecule has 0 aliphatic carbocycles. The van der Waals surface area contributed by atoms with E-state index >= 15 is 0 Å². The van der Waals surface area contributed by atoms with Gasteiger partial charge in [0, 0.05) is 40.0 Å². The van der Waals surface area contributed by atoms with Crippen molar-refractivity contribution in [2.75, 3.05) is 17.2 Å². The van der Waals surface area contributed by atoms with Crippen LogP contribution in [0.5, 0.6) is 11.5 Å². The van der Waals surface area contributed by atoms with E-state index in [9.17, 15) is 69.9 Å². The van der Waals surface area contributed by atoms with E-state index in [1.807, 2.05) is 5.32 Å². The smallest absolute Gasteiger partial charge is 0.426 e. The van der Waals surface area contributed by atoms with Gasteiger partial charge in [0.2, 0.25) is 5.60 Å². The summed E-state index contributed by atoms with van der Waals surface area (Å²) in [4.78, 5) is 35.6. The molecule has 2 unspecified atom stereocenters. The summed E-state index contributed by atoms with van der Waals surface area (Å²) in [6.45, 7) is 4.30. The van der Waals surface area contributed by atoms with Crippen LogP contribution in [0, 0.1) is 11.6 Å². The summed E-state index contributed by atoms with van der Waals surface area (Å²) in [5, 5.41) is 45.6. The van der Waals surface area contributed by atoms with Gasteiger partial charge < -0.3 is 40.5 Å². The normalized spacial score (nSPS) is 15.9. The van der Waals surface area contributed by atoms with Crippen LogP contribution in [0.4, 0.5) is 46.5 Å². The van der Waals surface area contributed by atoms with E-state index in [0.29, 0.717) is 16.7 Å². The highest BCUT2D eigenvalue weighted by Crippen LogP contribution is 2.45. The number of hydrogen-bond donors (Lipinski definition) is 6. The number of anilines is 2. The van der Waals surface area contributed by atoms with Crippen LogP contribution < -0.4 is 10.6 Å². The van der Waals surface area contributed by atoms with Crippen molar-refractivity contribution in [2.45, 2.75) is 88.1 Å². The first-order valence-electron chi connectivity index (χ1n) is 18.3. The first-order chi connectivity index (χ1) is 28.1. The van der Waals surface area contributed by atoms with Crippen LogP contribution in [0.2, 0.25) is 0 Å². The molecule has 0 aromatic heterocycles. The number of aliphatic hydroxyl groups is 2. The predicted molar refractivity (Wildman–Crippen MR) is 202 cm³/mol. The summed E-state index contributed by atoms with van der Waals surface area (Å²) < 4.78 is 120. The second kappa shape index (κ2) is 16.5. The Bertz CT molecular complexity index is 2350. The highest BCUT2D eigenvalue weighted by Gasteiger charge is 2.61. The number of amides is 1. The zero-order valence-corrected chi connectivity index (χ0v) is 32.8. The summed E-state index contributed by atoms with van der Waals surface area (Å²) in [6.07, 6.45) is -12.4. The van der Waals surface area contributed by atoms with Gasteiger partial charge in [-0.2, -0.15) is 26.3 Å². The third-order valence-electron chi connectivity index (χ3n) is 10.4. The highest BCUT2D eigenvalue weighted by atomic mass is 19.4. The van der Waals surface area contributed by atoms with Gasteiger partial charge in [0.1, 0.15) is 36.3 Å². The summed E-state index contributed by atoms with van der Waals surface area (Å²) in [5.74, 6) is -5.18. The van der Waals surface area contributed by atoms with E-state index in [4.69, 9.17) is 9.47 Å². The maximum atomic E-state index is 13.8. The van der Waals surface area contributed by atoms with Gasteiger partial charge in [-0.05, 0) is 90.0 Å². The minimum Gasteiger partial charge on any atom is -0.508 e. The van der Waals surface area contributed by atoms with Gasteiger partial charge in [0.25, 0.3) is 5.91 Å². The molecule has 11 nitrogen and oxygen atoms in total. The van der Waals surface area contributed by atoms with E-state index in [2.05, 4.69) is 5.32 Å². The lowest BCUT2D eigenvalue weighted by Gasteiger charge is -2.38. The largest absolute Gasteiger partial charge is 0.508 e. The van der Waals surface area contributed by atoms with Gasteiger partial charge in [0.05, 0.1) is 17.7 Å². The molecule has 328 valence electrons. The molecule has 0 saturated heterocycles. The van der Waals surface area contributed by atoms with Crippen molar-refractivity contribution in [1.29, 1.82) is 0 Å². The molecule has 2 aliphatic rings. The Morgan fingerprint density at radius 1 is 0.639 bits per heavy atom. The van der Waals surface area contributed by atoms with Crippen molar-refractivity contribution in [2.24, 2.45) is 0 Å². The van der Waals surface area contributed by atoms with E-state index < -0.39 is 89.0 Å². The summed E-state index contributed by atoms with van der Waals surface area (Å²) in [7, 11) is 0. The van der Waals surface area contributed by atoms with Crippen molar-refractivity contribution in [1.82, 2.24) is 0 Å². The quantitative estimate of drug-likeness (QED) is 0.0639. The van der Waals surface area contributed by atoms with Crippen LogP contribution in [0.3, 0.4) is 0 Å². The van der Waals surface area contributed by atoms with Gasteiger partial charge in [-0.25, -0.2) is 18.4 Å². The molecule has 6 N–H and O–H groups in total. The number of cyclic esters (lactones) is 2. The molecular formula is C42H40F8N2O9. The number of benzene rings is 4. The zero-order valence-electron chi connectivity index (χ0n) is 32.8. The number of carbonyl (C=O) groups is 3. The molecule has 1 amide bonds. The highest BCUT2D eigenvalue weighted by molar-refractivity contribution is 5.99. The van der Waals surface area contributed by atoms with Crippen molar-refractivity contribution in [3.8, 4) is 11.5 Å². The molecule has 2 aliphatic heterocycles. The molecule has 19 heteroatoms. The monoisotopic (exact) mass is 868 g/mol. The average molecular weight is 869 g/mol. The Morgan fingerprint density at radius 2 is 1.08 bits per heavy atom. The Labute approximate surface area is 342 Å². The van der Waals surface area contributed by atoms with Gasteiger partial charge in [0.15, 0.2) is 5.60 Å². The van der Waals surface area contributed by atoms with Crippen molar-refractivity contribution in [3.05, 3.63) is 118 Å². The number of alkyl halides is 6. The van der Waals surface area contributed by atoms with Gasteiger partial charge in [-0.15, -0.1) is 0 Å². The molecule has 0 spiro atoms. The van der Waals surface area contributed by atoms with Crippen molar-refractivity contribution >= 4 is 29.2 Å². The van der Waals surface area contributed by atoms with Gasteiger partial charge in [-0.1, -0.05) is 27.7 Å². The molecule has 4 aromatic carbocycles. The van der Waals surface area contributed by atoms with Crippen molar-refractivity contribution in [3.63, 3.8) is 0 Å². The van der Waals surface area contributed by atoms with E-state index in [1.54, 1.807) is 0 Å². The van der Waals surface area contributed by atoms with Crippen LogP contribution in [-0.2, 0) is 38.3 Å². The molecule has 2 atom stereocenters. The Kier molecular flexibility index (Phi) is 12.5. The summed E-state index contributed by atoms with van der Waals surface area (Å²) in [5.41, 5.74) is -8.65. The number of aromatic hydroxyl groups is 2. The fraction of sp³-hybridized carbons (Fsp3) is 0.357. The number of esters is 2. The van der Waals surface area contributed by atoms with Gasteiger partial charge >= 0.3 is 24.3 Å². The minimum atomic E-state index is -5.38. The van der Waals surface area contributed by atoms with E-state index in [1.165, 1.54) is 64.1 Å². The first kappa shape index (κ1) is 46.1. The third kappa shape index (κ3) is 9.83. The Morgan fingerprint density at radius 3 is 1.54 bits per heavy atom. The average Bonchev–Trinajstić information content (AvgIpc) is 3.72. The topological polar surface area (TPSA) is 175 Å². The Hall–Kier alpha value is -5.95. The molecule has 0 fully saturated rings. The van der Waals surface area contributed by atoms with Crippen LogP contribution in [0.15, 0.2) is 72.8 Å². The Balaban J connectivity index is 0.000000231. The molecule has 0 radical (unpaired) electrons. The zero-order chi connectivity index (χ0) is 45.5. The number of halogens is 8. The number of phenolic OH excluding ortho intramolecular Hbond substituents is 2. The number of hydrogen-bond acceptors (Lipinski definition) is 10. The lowest BCUT2D eigenvalue weighted by Crippen LogP contribution is -2.57. The number of fused-ring (bicyclic) bond motifs is 2. The standard InChI is InChI=1S/C21H19F4NO5.C21H21F4NO4/c1-19(2,15-8-12(22)3-6-16(15)27)10-20(30,21(23,24)25)18(29)26-13-4-5-14-11(7-13)9-31-17(14)28;1-19(2,16-8-13(22)3-6-17(16)27)10-20(29,21(23,24)25)11-26-14-4-5-15-12(7-14)9-30-18(15)28/h3-8,27,30H,9-10H2,1-2H3,(H,26,29);3-8,26-27,29H,9-11H2,1-2H3. The number of nitrogens with one attached hydrogen (secondary N) is 2. The fourth-order valence-corrected chi connectivity index (χ4v) is 7.17. The predicted octanol–water partition coefficient (Wildman–Crippen LogP) is 8.08. The number of rotatable bonds is 11. The lowest BCUT2D eigenvalue weighted by atomic mass is 9.74. The number of ether oxygens (including phenoxy) is 2. The summed E-state index contributed by atoms with van der Waals surface area (Å²) in [6, 6.07) is 13.9. The van der Waals surface area contributed by atoms with Crippen molar-refractivity contribution < 1.29 is 79.4 Å². The molecule has 2 heterocycles. The second-order valence-electron chi connectivity index (χ2n) is 16.0.